The molecule has 0 radical (unpaired) electrons. The fraction of sp³-hybridized carbons (Fsp3) is 0.308. The largest absolute Gasteiger partial charge is 0.369 e. The van der Waals surface area contributed by atoms with Crippen LogP contribution in [0.5, 0.6) is 0 Å². The molecule has 88 valence electrons. The first kappa shape index (κ1) is 9.10. The summed E-state index contributed by atoms with van der Waals surface area (Å²) in [6.45, 7) is 5.08. The average molecular weight is 231 g/mol. The number of anilines is 1. The maximum Gasteiger partial charge on any atom is 0.253 e. The highest BCUT2D eigenvalue weighted by Gasteiger charge is 2.48. The maximum atomic E-state index is 12.0. The van der Waals surface area contributed by atoms with Gasteiger partial charge in [-0.15, -0.1) is 0 Å². The molecule has 1 unspecified atom stereocenters. The molecule has 1 aromatic rings. The van der Waals surface area contributed by atoms with E-state index in [9.17, 15) is 4.79 Å². The average Bonchev–Trinajstić information content (AvgIpc) is 2.85. The first-order chi connectivity index (χ1) is 8.61. The molecule has 1 aromatic carbocycles. The van der Waals surface area contributed by atoms with Crippen molar-refractivity contribution < 1.29 is 6.17 Å². The van der Waals surface area contributed by atoms with Gasteiger partial charge in [0.2, 0.25) is 0 Å². The first-order valence-electron chi connectivity index (χ1n) is 6.20. The highest BCUT2D eigenvalue weighted by atomic mass is 16.2. The smallest absolute Gasteiger partial charge is 0.253 e. The summed E-state index contributed by atoms with van der Waals surface area (Å²) in [5.41, 5.74) is 0.306. The predicted molar refractivity (Wildman–Crippen MR) is 66.4 cm³/mol. The van der Waals surface area contributed by atoms with Gasteiger partial charge in [-0.3, -0.25) is 4.79 Å². The van der Waals surface area contributed by atoms with Crippen LogP contribution in [-0.4, -0.2) is 24.5 Å². The summed E-state index contributed by atoms with van der Waals surface area (Å²) in [4.78, 5) is 14.0. The van der Waals surface area contributed by atoms with Gasteiger partial charge in [0.25, 0.3) is 5.91 Å². The van der Waals surface area contributed by atoms with Gasteiger partial charge in [-0.05, 0) is 18.5 Å². The summed E-state index contributed by atoms with van der Waals surface area (Å²) in [7, 11) is 0. The molecule has 2 heterocycles. The lowest BCUT2D eigenvalue weighted by atomic mass is 9.99. The molecule has 0 bridgehead atoms. The van der Waals surface area contributed by atoms with Crippen molar-refractivity contribution in [3.8, 4) is 0 Å². The van der Waals surface area contributed by atoms with Crippen molar-refractivity contribution >= 4 is 11.6 Å². The molecule has 2 fully saturated rings. The van der Waals surface area contributed by atoms with E-state index in [1.807, 2.05) is 18.2 Å². The molecule has 17 heavy (non-hydrogen) atoms. The summed E-state index contributed by atoms with van der Waals surface area (Å²) in [6, 6.07) is 7.94. The number of carbonyl (C=O) groups excluding carboxylic acids is 1. The van der Waals surface area contributed by atoms with Gasteiger partial charge in [-0.1, -0.05) is 24.8 Å². The van der Waals surface area contributed by atoms with E-state index in [4.69, 9.17) is 1.37 Å². The lowest BCUT2D eigenvalue weighted by molar-refractivity contribution is -0.123. The molecule has 2 N–H and O–H groups in total. The number of carbonyl (C=O) groups is 1. The molecule has 2 aliphatic heterocycles. The molecule has 0 aromatic heterocycles. The minimum absolute atomic E-state index is 0.0162. The Labute approximate surface area is 102 Å². The van der Waals surface area contributed by atoms with Crippen molar-refractivity contribution in [2.75, 3.05) is 18.0 Å². The first-order valence-corrected chi connectivity index (χ1v) is 5.70. The normalized spacial score (nSPS) is 28.2. The van der Waals surface area contributed by atoms with Crippen LogP contribution in [0.15, 0.2) is 42.7 Å². The summed E-state index contributed by atoms with van der Waals surface area (Å²) < 4.78 is 7.90. The van der Waals surface area contributed by atoms with E-state index in [0.29, 0.717) is 18.4 Å². The number of hydrogen-bond acceptors (Lipinski definition) is 3. The van der Waals surface area contributed by atoms with Gasteiger partial charge < -0.3 is 15.5 Å². The Morgan fingerprint density at radius 3 is 3.06 bits per heavy atom. The van der Waals surface area contributed by atoms with Crippen molar-refractivity contribution in [1.29, 1.82) is 0 Å². The summed E-state index contributed by atoms with van der Waals surface area (Å²) >= 11 is 0. The summed E-state index contributed by atoms with van der Waals surface area (Å²) in [5.74, 6) is 0.554. The lowest BCUT2D eigenvalue weighted by Crippen LogP contribution is -2.48. The summed E-state index contributed by atoms with van der Waals surface area (Å²) in [6.07, 6.45) is 0.728. The second-order valence-electron chi connectivity index (χ2n) is 4.56. The Kier molecular flexibility index (Phi) is 1.88. The second-order valence-corrected chi connectivity index (χ2v) is 4.56. The van der Waals surface area contributed by atoms with E-state index >= 15 is 0 Å². The number of nitrogens with zero attached hydrogens (tertiary/aromatic N) is 1. The van der Waals surface area contributed by atoms with Crippen molar-refractivity contribution in [3.05, 3.63) is 42.7 Å². The van der Waals surface area contributed by atoms with Crippen LogP contribution in [-0.2, 0) is 4.79 Å². The molecular weight excluding hydrogens is 214 g/mol. The van der Waals surface area contributed by atoms with E-state index in [1.165, 1.54) is 0 Å². The van der Waals surface area contributed by atoms with E-state index in [-0.39, 0.29) is 5.91 Å². The molecule has 0 aliphatic carbocycles. The molecule has 2 saturated heterocycles. The molecule has 1 amide bonds. The number of hydrogen-bond donors (Lipinski definition) is 2. The van der Waals surface area contributed by atoms with Gasteiger partial charge in [-0.25, -0.2) is 0 Å². The number of nitrogens with one attached hydrogen (secondary N) is 2. The minimum Gasteiger partial charge on any atom is -0.369 e. The Balaban J connectivity index is 1.86. The van der Waals surface area contributed by atoms with Crippen molar-refractivity contribution in [3.63, 3.8) is 0 Å². The van der Waals surface area contributed by atoms with Gasteiger partial charge in [0.15, 0.2) is 0 Å². The molecular formula is C13H15N3O. The molecule has 1 spiro atoms. The van der Waals surface area contributed by atoms with Crippen LogP contribution in [0, 0.1) is 0 Å². The number of benzene rings is 1. The summed E-state index contributed by atoms with van der Waals surface area (Å²) in [5, 5.41) is 5.86. The van der Waals surface area contributed by atoms with Gasteiger partial charge in [-0.2, -0.15) is 0 Å². The van der Waals surface area contributed by atoms with Crippen LogP contribution < -0.4 is 15.5 Å². The minimum atomic E-state index is -0.570. The van der Waals surface area contributed by atoms with E-state index in [2.05, 4.69) is 22.1 Å². The fourth-order valence-corrected chi connectivity index (χ4v) is 2.52. The van der Waals surface area contributed by atoms with Gasteiger partial charge >= 0.3 is 0 Å². The highest BCUT2D eigenvalue weighted by Crippen LogP contribution is 2.29. The predicted octanol–water partition coefficient (Wildman–Crippen LogP) is 0.826. The van der Waals surface area contributed by atoms with Crippen LogP contribution in [0.4, 0.5) is 5.69 Å². The second kappa shape index (κ2) is 3.52. The van der Waals surface area contributed by atoms with Crippen molar-refractivity contribution in [1.82, 2.24) is 10.6 Å². The van der Waals surface area contributed by atoms with Crippen LogP contribution in [0.25, 0.3) is 0 Å². The van der Waals surface area contributed by atoms with Crippen LogP contribution in [0.3, 0.4) is 0 Å². The number of amides is 1. The van der Waals surface area contributed by atoms with Crippen LogP contribution >= 0.6 is 0 Å². The Morgan fingerprint density at radius 2 is 2.35 bits per heavy atom. The zero-order valence-electron chi connectivity index (χ0n) is 10.5. The van der Waals surface area contributed by atoms with Gasteiger partial charge in [0.05, 0.1) is 13.7 Å². The number of rotatable bonds is 1. The van der Waals surface area contributed by atoms with Crippen molar-refractivity contribution in [2.24, 2.45) is 0 Å². The molecule has 1 atom stereocenters. The van der Waals surface area contributed by atoms with E-state index < -0.39 is 5.54 Å². The van der Waals surface area contributed by atoms with E-state index in [0.717, 1.165) is 18.7 Å². The maximum absolute atomic E-state index is 12.0. The zero-order chi connectivity index (χ0) is 12.8. The lowest BCUT2D eigenvalue weighted by Gasteiger charge is -2.23. The quantitative estimate of drug-likeness (QED) is 0.752. The molecule has 4 nitrogen and oxygen atoms in total. The van der Waals surface area contributed by atoms with Crippen LogP contribution in [0.1, 0.15) is 7.79 Å². The standard InChI is InChI=1S/C13H15N3O/c1-10-14-12(17)13(15-10)7-8-16(9-13)11-5-3-2-4-6-11/h2-6,15H,1,7-9H2,(H,14,17)/i5T. The molecule has 0 saturated carbocycles. The Bertz CT molecular complexity index is 531. The topological polar surface area (TPSA) is 44.4 Å². The Hall–Kier alpha value is -1.97. The number of para-hydroxylation sites is 1. The third-order valence-corrected chi connectivity index (χ3v) is 3.39. The highest BCUT2D eigenvalue weighted by molar-refractivity contribution is 5.92. The third-order valence-electron chi connectivity index (χ3n) is 3.39. The van der Waals surface area contributed by atoms with Gasteiger partial charge in [0.1, 0.15) is 5.54 Å². The van der Waals surface area contributed by atoms with E-state index in [1.54, 1.807) is 6.07 Å². The SMILES string of the molecule is [3H]c1ccccc1N1CCC2(C1)NC(=C)NC2=O. The molecule has 2 aliphatic rings. The molecule has 4 heteroatoms. The Morgan fingerprint density at radius 1 is 1.47 bits per heavy atom. The van der Waals surface area contributed by atoms with Gasteiger partial charge in [0, 0.05) is 12.2 Å². The monoisotopic (exact) mass is 231 g/mol. The van der Waals surface area contributed by atoms with Crippen LogP contribution in [0.2, 0.25) is 0 Å². The zero-order valence-corrected chi connectivity index (χ0v) is 9.49. The fourth-order valence-electron chi connectivity index (χ4n) is 2.52. The third kappa shape index (κ3) is 1.56. The van der Waals surface area contributed by atoms with Crippen molar-refractivity contribution in [2.45, 2.75) is 12.0 Å². The molecule has 3 rings (SSSR count).